The number of nitrogens with zero attached hydrogens (tertiary/aromatic N) is 1. The van der Waals surface area contributed by atoms with Gasteiger partial charge in [-0.1, -0.05) is 32.3 Å². The average Bonchev–Trinajstić information content (AvgIpc) is 2.47. The second kappa shape index (κ2) is 6.71. The van der Waals surface area contributed by atoms with Gasteiger partial charge in [0, 0.05) is 12.6 Å². The van der Waals surface area contributed by atoms with Crippen molar-refractivity contribution in [2.75, 3.05) is 6.54 Å². The Bertz CT molecular complexity index is 617. The predicted molar refractivity (Wildman–Crippen MR) is 91.8 cm³/mol. The van der Waals surface area contributed by atoms with E-state index in [1.807, 2.05) is 34.6 Å². The molecule has 0 heterocycles. The van der Waals surface area contributed by atoms with Crippen LogP contribution in [0.2, 0.25) is 0 Å². The molecule has 22 heavy (non-hydrogen) atoms. The molecule has 0 N–H and O–H groups in total. The molecule has 0 aliphatic heterocycles. The molecule has 1 aromatic rings. The highest BCUT2D eigenvalue weighted by Gasteiger charge is 2.33. The molecule has 1 fully saturated rings. The lowest BCUT2D eigenvalue weighted by molar-refractivity contribution is 0.261. The summed E-state index contributed by atoms with van der Waals surface area (Å²) >= 11 is 0. The molecule has 124 valence electrons. The van der Waals surface area contributed by atoms with Crippen LogP contribution in [0.4, 0.5) is 0 Å². The molecule has 0 unspecified atom stereocenters. The Morgan fingerprint density at radius 2 is 1.50 bits per heavy atom. The summed E-state index contributed by atoms with van der Waals surface area (Å²) in [5, 5.41) is 0. The summed E-state index contributed by atoms with van der Waals surface area (Å²) in [6, 6.07) is 2.25. The first-order chi connectivity index (χ1) is 10.3. The Kier molecular flexibility index (Phi) is 5.33. The van der Waals surface area contributed by atoms with Gasteiger partial charge in [-0.25, -0.2) is 8.42 Å². The quantitative estimate of drug-likeness (QED) is 0.830. The van der Waals surface area contributed by atoms with Crippen molar-refractivity contribution in [1.82, 2.24) is 4.31 Å². The summed E-state index contributed by atoms with van der Waals surface area (Å²) in [6.45, 7) is 10.4. The monoisotopic (exact) mass is 323 g/mol. The maximum absolute atomic E-state index is 13.3. The van der Waals surface area contributed by atoms with E-state index in [1.165, 1.54) is 6.42 Å². The Morgan fingerprint density at radius 3 is 1.95 bits per heavy atom. The highest BCUT2D eigenvalue weighted by molar-refractivity contribution is 7.89. The summed E-state index contributed by atoms with van der Waals surface area (Å²) < 4.78 is 28.4. The minimum absolute atomic E-state index is 0.170. The first-order valence-corrected chi connectivity index (χ1v) is 9.84. The number of hydrogen-bond acceptors (Lipinski definition) is 2. The molecule has 0 aromatic heterocycles. The fourth-order valence-electron chi connectivity index (χ4n) is 3.68. The van der Waals surface area contributed by atoms with E-state index in [0.29, 0.717) is 11.4 Å². The maximum atomic E-state index is 13.3. The van der Waals surface area contributed by atoms with Gasteiger partial charge in [0.05, 0.1) is 4.90 Å². The summed E-state index contributed by atoms with van der Waals surface area (Å²) in [7, 11) is -3.42. The van der Waals surface area contributed by atoms with Gasteiger partial charge in [0.15, 0.2) is 0 Å². The van der Waals surface area contributed by atoms with Crippen LogP contribution in [-0.4, -0.2) is 25.3 Å². The van der Waals surface area contributed by atoms with E-state index in [2.05, 4.69) is 6.07 Å². The van der Waals surface area contributed by atoms with Crippen LogP contribution in [-0.2, 0) is 10.0 Å². The van der Waals surface area contributed by atoms with Crippen molar-refractivity contribution < 1.29 is 8.42 Å². The third kappa shape index (κ3) is 3.09. The van der Waals surface area contributed by atoms with Crippen molar-refractivity contribution in [3.63, 3.8) is 0 Å². The van der Waals surface area contributed by atoms with E-state index in [4.69, 9.17) is 0 Å². The smallest absolute Gasteiger partial charge is 0.207 e. The van der Waals surface area contributed by atoms with Crippen LogP contribution in [0.3, 0.4) is 0 Å². The van der Waals surface area contributed by atoms with E-state index in [1.54, 1.807) is 4.31 Å². The topological polar surface area (TPSA) is 37.4 Å². The van der Waals surface area contributed by atoms with E-state index in [-0.39, 0.29) is 6.04 Å². The first-order valence-electron chi connectivity index (χ1n) is 8.40. The van der Waals surface area contributed by atoms with Crippen molar-refractivity contribution in [1.29, 1.82) is 0 Å². The van der Waals surface area contributed by atoms with Crippen LogP contribution in [0.15, 0.2) is 11.0 Å². The van der Waals surface area contributed by atoms with Gasteiger partial charge in [-0.15, -0.1) is 0 Å². The standard InChI is InChI=1S/C18H29NO2S/c1-6-19(17-10-8-7-9-11-17)22(20,21)18-15(4)13(2)12-14(3)16(18)5/h12,17H,6-11H2,1-5H3. The summed E-state index contributed by atoms with van der Waals surface area (Å²) in [5.74, 6) is 0. The van der Waals surface area contributed by atoms with E-state index >= 15 is 0 Å². The number of benzene rings is 1. The van der Waals surface area contributed by atoms with Crippen LogP contribution in [0.5, 0.6) is 0 Å². The minimum atomic E-state index is -3.42. The molecular weight excluding hydrogens is 294 g/mol. The van der Waals surface area contributed by atoms with Gasteiger partial charge in [0.1, 0.15) is 0 Å². The molecule has 2 rings (SSSR count). The third-order valence-corrected chi connectivity index (χ3v) is 7.46. The van der Waals surface area contributed by atoms with Crippen LogP contribution >= 0.6 is 0 Å². The fraction of sp³-hybridized carbons (Fsp3) is 0.667. The lowest BCUT2D eigenvalue weighted by Gasteiger charge is -2.33. The lowest BCUT2D eigenvalue weighted by Crippen LogP contribution is -2.41. The number of rotatable bonds is 4. The molecule has 0 radical (unpaired) electrons. The van der Waals surface area contributed by atoms with Gasteiger partial charge in [-0.05, 0) is 62.8 Å². The molecule has 0 spiro atoms. The minimum Gasteiger partial charge on any atom is -0.207 e. The highest BCUT2D eigenvalue weighted by Crippen LogP contribution is 2.32. The van der Waals surface area contributed by atoms with E-state index in [0.717, 1.165) is 47.9 Å². The number of aryl methyl sites for hydroxylation is 2. The van der Waals surface area contributed by atoms with Crippen molar-refractivity contribution in [3.8, 4) is 0 Å². The van der Waals surface area contributed by atoms with Gasteiger partial charge in [-0.3, -0.25) is 0 Å². The largest absolute Gasteiger partial charge is 0.243 e. The molecule has 1 aliphatic carbocycles. The summed E-state index contributed by atoms with van der Waals surface area (Å²) in [5.41, 5.74) is 3.91. The zero-order valence-electron chi connectivity index (χ0n) is 14.6. The predicted octanol–water partition coefficient (Wildman–Crippen LogP) is 4.26. The van der Waals surface area contributed by atoms with Gasteiger partial charge in [0.25, 0.3) is 0 Å². The average molecular weight is 324 g/mol. The normalized spacial score (nSPS) is 17.2. The van der Waals surface area contributed by atoms with Crippen molar-refractivity contribution in [3.05, 3.63) is 28.3 Å². The second-order valence-electron chi connectivity index (χ2n) is 6.59. The summed E-state index contributed by atoms with van der Waals surface area (Å²) in [6.07, 6.45) is 5.50. The third-order valence-electron chi connectivity index (χ3n) is 5.16. The molecule has 0 amide bonds. The Hall–Kier alpha value is -0.870. The van der Waals surface area contributed by atoms with Crippen LogP contribution in [0.25, 0.3) is 0 Å². The molecule has 0 bridgehead atoms. The van der Waals surface area contributed by atoms with Crippen molar-refractivity contribution >= 4 is 10.0 Å². The number of hydrogen-bond donors (Lipinski definition) is 0. The molecular formula is C18H29NO2S. The Labute approximate surface area is 135 Å². The lowest BCUT2D eigenvalue weighted by atomic mass is 9.95. The van der Waals surface area contributed by atoms with Gasteiger partial charge in [-0.2, -0.15) is 4.31 Å². The van der Waals surface area contributed by atoms with E-state index in [9.17, 15) is 8.42 Å². The van der Waals surface area contributed by atoms with Crippen molar-refractivity contribution in [2.45, 2.75) is 77.7 Å². The van der Waals surface area contributed by atoms with Gasteiger partial charge >= 0.3 is 0 Å². The highest BCUT2D eigenvalue weighted by atomic mass is 32.2. The molecule has 0 saturated heterocycles. The Morgan fingerprint density at radius 1 is 1.00 bits per heavy atom. The van der Waals surface area contributed by atoms with Crippen LogP contribution in [0.1, 0.15) is 61.3 Å². The molecule has 1 aliphatic rings. The second-order valence-corrected chi connectivity index (χ2v) is 8.42. The molecule has 3 nitrogen and oxygen atoms in total. The van der Waals surface area contributed by atoms with E-state index < -0.39 is 10.0 Å². The maximum Gasteiger partial charge on any atom is 0.243 e. The molecule has 1 aromatic carbocycles. The molecule has 0 atom stereocenters. The zero-order chi connectivity index (χ0) is 16.5. The molecule has 4 heteroatoms. The van der Waals surface area contributed by atoms with Crippen LogP contribution < -0.4 is 0 Å². The van der Waals surface area contributed by atoms with Gasteiger partial charge < -0.3 is 0 Å². The zero-order valence-corrected chi connectivity index (χ0v) is 15.4. The number of sulfonamides is 1. The fourth-order valence-corrected chi connectivity index (χ4v) is 5.95. The molecule has 1 saturated carbocycles. The van der Waals surface area contributed by atoms with Crippen LogP contribution in [0, 0.1) is 27.7 Å². The SMILES string of the molecule is CCN(C1CCCCC1)S(=O)(=O)c1c(C)c(C)cc(C)c1C. The Balaban J connectivity index is 2.53. The van der Waals surface area contributed by atoms with Crippen molar-refractivity contribution in [2.24, 2.45) is 0 Å². The summed E-state index contributed by atoms with van der Waals surface area (Å²) in [4.78, 5) is 0.539. The first kappa shape index (κ1) is 17.5. The van der Waals surface area contributed by atoms with Gasteiger partial charge in [0.2, 0.25) is 10.0 Å².